The molecule has 7 rings (SSSR count). The second kappa shape index (κ2) is 10.3. The number of hydrogen-bond donors (Lipinski definition) is 4. The molecule has 3 saturated carbocycles. The lowest BCUT2D eigenvalue weighted by Gasteiger charge is -2.69. The average Bonchev–Trinajstić information content (AvgIpc) is 3.43. The molecular weight excluding hydrogens is 550 g/mol. The number of phenolic OH excluding ortho intramolecular Hbond substituents is 2. The number of ether oxygens (including phenoxy) is 1. The number of carboxylic acid groups (broad SMARTS) is 1. The molecule has 4 aliphatic rings. The summed E-state index contributed by atoms with van der Waals surface area (Å²) in [5, 5.41) is 30.0. The predicted molar refractivity (Wildman–Crippen MR) is 175 cm³/mol. The summed E-state index contributed by atoms with van der Waals surface area (Å²) in [6.45, 7) is 14.4. The van der Waals surface area contributed by atoms with E-state index in [1.807, 2.05) is 25.1 Å². The number of phenols is 2. The van der Waals surface area contributed by atoms with E-state index in [2.05, 4.69) is 57.9 Å². The molecule has 6 nitrogen and oxygen atoms in total. The highest BCUT2D eigenvalue weighted by atomic mass is 16.5. The van der Waals surface area contributed by atoms with Crippen LogP contribution in [-0.2, 0) is 10.2 Å². The van der Waals surface area contributed by atoms with Gasteiger partial charge in [0.05, 0.1) is 7.11 Å². The van der Waals surface area contributed by atoms with Crippen molar-refractivity contribution in [2.75, 3.05) is 7.11 Å². The first-order chi connectivity index (χ1) is 20.8. The van der Waals surface area contributed by atoms with Gasteiger partial charge in [-0.3, -0.25) is 4.79 Å². The summed E-state index contributed by atoms with van der Waals surface area (Å²) in [5.74, 6) is 2.30. The number of aromatic amines is 1. The smallest absolute Gasteiger partial charge is 0.290 e. The van der Waals surface area contributed by atoms with Crippen LogP contribution >= 0.6 is 0 Å². The standard InChI is InChI=1S/C37H47NO3.CH2O2/c1-21-11-12-34(3)13-15-37(6)30-18-23(24-20-38-26-9-8-10-28(41-7)32(24)26)31-22(2)33(40)27(39)19-25(31)35(30,4)14-16-36(37,5)29(34)17-21;2-1-3/h8-10,18-21,23,29,38-40H,11-17H2,1-7H3;1H,(H,2,3)/t21-,23-,29+,34+,35-,36-,37+;/m0./s1. The minimum absolute atomic E-state index is 0.00232. The van der Waals surface area contributed by atoms with Crippen molar-refractivity contribution in [3.8, 4) is 17.2 Å². The molecule has 4 aliphatic carbocycles. The fraction of sp³-hybridized carbons (Fsp3) is 0.553. The summed E-state index contributed by atoms with van der Waals surface area (Å²) >= 11 is 0. The summed E-state index contributed by atoms with van der Waals surface area (Å²) in [6, 6.07) is 8.06. The average molecular weight is 600 g/mol. The van der Waals surface area contributed by atoms with Crippen LogP contribution in [0.4, 0.5) is 0 Å². The van der Waals surface area contributed by atoms with E-state index in [9.17, 15) is 10.2 Å². The Bertz CT molecular complexity index is 1650. The van der Waals surface area contributed by atoms with Gasteiger partial charge in [0.2, 0.25) is 0 Å². The third kappa shape index (κ3) is 4.01. The van der Waals surface area contributed by atoms with Crippen molar-refractivity contribution in [1.82, 2.24) is 4.98 Å². The number of aromatic nitrogens is 1. The molecule has 2 aromatic carbocycles. The number of rotatable bonds is 2. The van der Waals surface area contributed by atoms with Gasteiger partial charge in [-0.25, -0.2) is 0 Å². The van der Waals surface area contributed by atoms with Crippen molar-refractivity contribution in [1.29, 1.82) is 0 Å². The highest BCUT2D eigenvalue weighted by molar-refractivity contribution is 5.91. The Labute approximate surface area is 261 Å². The molecule has 3 aromatic rings. The van der Waals surface area contributed by atoms with Crippen molar-refractivity contribution >= 4 is 17.4 Å². The molecule has 0 spiro atoms. The minimum atomic E-state index is -0.250. The zero-order valence-electron chi connectivity index (χ0n) is 27.4. The van der Waals surface area contributed by atoms with E-state index in [0.717, 1.165) is 40.1 Å². The van der Waals surface area contributed by atoms with Gasteiger partial charge in [0.25, 0.3) is 6.47 Å². The second-order valence-electron chi connectivity index (χ2n) is 15.3. The van der Waals surface area contributed by atoms with E-state index < -0.39 is 0 Å². The molecule has 4 N–H and O–H groups in total. The minimum Gasteiger partial charge on any atom is -0.504 e. The molecule has 0 saturated heterocycles. The molecule has 3 fully saturated rings. The van der Waals surface area contributed by atoms with Crippen molar-refractivity contribution in [3.05, 3.63) is 64.4 Å². The Hall–Kier alpha value is -3.41. The lowest BCUT2D eigenvalue weighted by Crippen LogP contribution is -2.61. The number of allylic oxidation sites excluding steroid dienone is 2. The van der Waals surface area contributed by atoms with E-state index in [1.54, 1.807) is 12.7 Å². The van der Waals surface area contributed by atoms with Gasteiger partial charge < -0.3 is 25.0 Å². The van der Waals surface area contributed by atoms with Gasteiger partial charge >= 0.3 is 0 Å². The molecule has 1 aromatic heterocycles. The van der Waals surface area contributed by atoms with Gasteiger partial charge in [-0.05, 0) is 114 Å². The zero-order chi connectivity index (χ0) is 31.8. The summed E-state index contributed by atoms with van der Waals surface area (Å²) < 4.78 is 5.88. The van der Waals surface area contributed by atoms with Gasteiger partial charge in [-0.15, -0.1) is 0 Å². The van der Waals surface area contributed by atoms with Crippen molar-refractivity contribution in [3.63, 3.8) is 0 Å². The maximum atomic E-state index is 11.0. The summed E-state index contributed by atoms with van der Waals surface area (Å²) in [7, 11) is 1.74. The number of benzene rings is 2. The Morgan fingerprint density at radius 2 is 1.77 bits per heavy atom. The zero-order valence-corrected chi connectivity index (χ0v) is 27.4. The van der Waals surface area contributed by atoms with Crippen LogP contribution in [-0.4, -0.2) is 33.9 Å². The Morgan fingerprint density at radius 3 is 2.48 bits per heavy atom. The Kier molecular flexibility index (Phi) is 7.18. The largest absolute Gasteiger partial charge is 0.504 e. The van der Waals surface area contributed by atoms with Gasteiger partial charge in [-0.2, -0.15) is 0 Å². The molecule has 0 unspecified atom stereocenters. The maximum absolute atomic E-state index is 11.0. The second-order valence-corrected chi connectivity index (χ2v) is 15.3. The number of nitrogens with one attached hydrogen (secondary N) is 1. The van der Waals surface area contributed by atoms with E-state index in [4.69, 9.17) is 14.6 Å². The molecule has 0 aliphatic heterocycles. The van der Waals surface area contributed by atoms with Crippen LogP contribution in [0.25, 0.3) is 10.9 Å². The summed E-state index contributed by atoms with van der Waals surface area (Å²) in [6.07, 6.45) is 13.5. The van der Waals surface area contributed by atoms with Crippen LogP contribution < -0.4 is 4.74 Å². The fourth-order valence-electron chi connectivity index (χ4n) is 10.6. The number of carbonyl (C=O) groups is 1. The number of aromatic hydroxyl groups is 2. The molecule has 236 valence electrons. The normalized spacial score (nSPS) is 35.6. The van der Waals surface area contributed by atoms with E-state index in [-0.39, 0.29) is 40.1 Å². The number of H-pyrrole nitrogens is 1. The molecule has 7 atom stereocenters. The van der Waals surface area contributed by atoms with Crippen molar-refractivity contribution < 1.29 is 24.9 Å². The van der Waals surface area contributed by atoms with Crippen molar-refractivity contribution in [2.24, 2.45) is 28.1 Å². The Morgan fingerprint density at radius 1 is 1.05 bits per heavy atom. The SMILES string of the molecule is COc1cccc2[nH]cc([C@@H]3C=C4[C@@](C)(CC[C@@]5(C)[C@@H]6C[C@@H](C)CC[C@]6(C)CC[C@]45C)c4cc(O)c(O)c(C)c43)c12.O=CO. The molecule has 0 amide bonds. The lowest BCUT2D eigenvalue weighted by molar-refractivity contribution is -0.145. The third-order valence-corrected chi connectivity index (χ3v) is 13.3. The molecule has 1 heterocycles. The molecule has 6 heteroatoms. The molecule has 0 radical (unpaired) electrons. The van der Waals surface area contributed by atoms with Crippen LogP contribution in [0, 0.1) is 35.0 Å². The third-order valence-electron chi connectivity index (χ3n) is 13.3. The fourth-order valence-corrected chi connectivity index (χ4v) is 10.6. The molecular formula is C38H49NO5. The highest BCUT2D eigenvalue weighted by Gasteiger charge is 2.65. The first kappa shape index (κ1) is 30.6. The van der Waals surface area contributed by atoms with Gasteiger partial charge in [0.15, 0.2) is 11.5 Å². The van der Waals surface area contributed by atoms with Crippen LogP contribution in [0.15, 0.2) is 42.1 Å². The summed E-state index contributed by atoms with van der Waals surface area (Å²) in [5.41, 5.74) is 7.37. The quantitative estimate of drug-likeness (QED) is 0.134. The van der Waals surface area contributed by atoms with Gasteiger partial charge in [0, 0.05) is 28.4 Å². The topological polar surface area (TPSA) is 103 Å². The molecule has 0 bridgehead atoms. The first-order valence-electron chi connectivity index (χ1n) is 16.3. The number of methoxy groups -OCH3 is 1. The summed E-state index contributed by atoms with van der Waals surface area (Å²) in [4.78, 5) is 11.9. The van der Waals surface area contributed by atoms with Crippen LogP contribution in [0.3, 0.4) is 0 Å². The predicted octanol–water partition coefficient (Wildman–Crippen LogP) is 8.97. The van der Waals surface area contributed by atoms with Crippen LogP contribution in [0.2, 0.25) is 0 Å². The highest BCUT2D eigenvalue weighted by Crippen LogP contribution is 2.74. The Balaban J connectivity index is 0.00000110. The number of hydrogen-bond acceptors (Lipinski definition) is 4. The maximum Gasteiger partial charge on any atom is 0.290 e. The van der Waals surface area contributed by atoms with Crippen LogP contribution in [0.1, 0.15) is 108 Å². The van der Waals surface area contributed by atoms with E-state index in [0.29, 0.717) is 11.3 Å². The van der Waals surface area contributed by atoms with Crippen LogP contribution in [0.5, 0.6) is 17.2 Å². The monoisotopic (exact) mass is 599 g/mol. The lowest BCUT2D eigenvalue weighted by atomic mass is 9.35. The van der Waals surface area contributed by atoms with E-state index >= 15 is 0 Å². The number of fused-ring (bicyclic) bond motifs is 8. The van der Waals surface area contributed by atoms with Gasteiger partial charge in [0.1, 0.15) is 5.75 Å². The van der Waals surface area contributed by atoms with Gasteiger partial charge in [-0.1, -0.05) is 58.8 Å². The molecule has 44 heavy (non-hydrogen) atoms. The first-order valence-corrected chi connectivity index (χ1v) is 16.3. The van der Waals surface area contributed by atoms with Crippen molar-refractivity contribution in [2.45, 2.75) is 97.8 Å². The van der Waals surface area contributed by atoms with E-state index in [1.165, 1.54) is 49.7 Å².